The summed E-state index contributed by atoms with van der Waals surface area (Å²) in [6, 6.07) is 4.33. The van der Waals surface area contributed by atoms with Crippen molar-refractivity contribution < 1.29 is 9.13 Å². The Morgan fingerprint density at radius 1 is 1.53 bits per heavy atom. The van der Waals surface area contributed by atoms with Gasteiger partial charge in [-0.3, -0.25) is 0 Å². The van der Waals surface area contributed by atoms with Crippen LogP contribution < -0.4 is 10.1 Å². The molecular formula is C13H17ClFNO. The van der Waals surface area contributed by atoms with E-state index in [1.165, 1.54) is 12.1 Å². The van der Waals surface area contributed by atoms with Gasteiger partial charge in [0.2, 0.25) is 0 Å². The van der Waals surface area contributed by atoms with Crippen LogP contribution in [0.5, 0.6) is 5.75 Å². The minimum Gasteiger partial charge on any atom is -0.490 e. The van der Waals surface area contributed by atoms with Gasteiger partial charge in [0.25, 0.3) is 0 Å². The van der Waals surface area contributed by atoms with Gasteiger partial charge in [-0.15, -0.1) is 0 Å². The molecule has 0 bridgehead atoms. The molecule has 0 saturated carbocycles. The molecule has 0 aromatic heterocycles. The van der Waals surface area contributed by atoms with Gasteiger partial charge in [0.15, 0.2) is 0 Å². The zero-order valence-corrected chi connectivity index (χ0v) is 10.6. The molecule has 1 aromatic carbocycles. The topological polar surface area (TPSA) is 21.3 Å². The van der Waals surface area contributed by atoms with E-state index >= 15 is 0 Å². The fourth-order valence-electron chi connectivity index (χ4n) is 2.28. The summed E-state index contributed by atoms with van der Waals surface area (Å²) in [4.78, 5) is 0. The summed E-state index contributed by atoms with van der Waals surface area (Å²) in [5, 5.41) is 3.69. The van der Waals surface area contributed by atoms with E-state index in [9.17, 15) is 4.39 Å². The Labute approximate surface area is 106 Å². The van der Waals surface area contributed by atoms with Crippen LogP contribution in [0.25, 0.3) is 0 Å². The van der Waals surface area contributed by atoms with Crippen LogP contribution in [0, 0.1) is 11.7 Å². The third kappa shape index (κ3) is 3.33. The maximum Gasteiger partial charge on any atom is 0.128 e. The highest BCUT2D eigenvalue weighted by atomic mass is 35.5. The average Bonchev–Trinajstić information content (AvgIpc) is 2.77. The van der Waals surface area contributed by atoms with E-state index < -0.39 is 0 Å². The van der Waals surface area contributed by atoms with Crippen molar-refractivity contribution >= 4 is 11.6 Å². The first-order valence-corrected chi connectivity index (χ1v) is 6.40. The van der Waals surface area contributed by atoms with Gasteiger partial charge >= 0.3 is 0 Å². The van der Waals surface area contributed by atoms with E-state index in [1.807, 2.05) is 0 Å². The van der Waals surface area contributed by atoms with E-state index in [2.05, 4.69) is 12.2 Å². The highest BCUT2D eigenvalue weighted by Crippen LogP contribution is 2.25. The zero-order valence-electron chi connectivity index (χ0n) is 9.88. The molecule has 0 aliphatic carbocycles. The fourth-order valence-corrected chi connectivity index (χ4v) is 2.49. The molecular weight excluding hydrogens is 241 g/mol. The van der Waals surface area contributed by atoms with E-state index in [1.54, 1.807) is 6.07 Å². The first kappa shape index (κ1) is 12.7. The van der Waals surface area contributed by atoms with Crippen LogP contribution in [0.15, 0.2) is 18.2 Å². The molecule has 0 radical (unpaired) electrons. The van der Waals surface area contributed by atoms with Gasteiger partial charge in [-0.2, -0.15) is 0 Å². The molecule has 1 fully saturated rings. The second kappa shape index (κ2) is 5.69. The maximum absolute atomic E-state index is 13.2. The standard InChI is InChI=1S/C13H17ClFNO/c1-2-13(9-3-4-16-8-9)17-12-6-10(14)5-11(15)7-12/h5-7,9,13,16H,2-4,8H2,1H3/t9?,13-/m1/s1. The third-order valence-electron chi connectivity index (χ3n) is 3.15. The van der Waals surface area contributed by atoms with Crippen molar-refractivity contribution in [2.45, 2.75) is 25.9 Å². The number of rotatable bonds is 4. The van der Waals surface area contributed by atoms with Gasteiger partial charge in [0.1, 0.15) is 17.7 Å². The summed E-state index contributed by atoms with van der Waals surface area (Å²) in [5.41, 5.74) is 0. The molecule has 1 aliphatic heterocycles. The molecule has 1 saturated heterocycles. The fraction of sp³-hybridized carbons (Fsp3) is 0.538. The monoisotopic (exact) mass is 257 g/mol. The van der Waals surface area contributed by atoms with Gasteiger partial charge in [-0.25, -0.2) is 4.39 Å². The maximum atomic E-state index is 13.2. The summed E-state index contributed by atoms with van der Waals surface area (Å²) in [5.74, 6) is 0.669. The highest BCUT2D eigenvalue weighted by molar-refractivity contribution is 6.30. The number of nitrogens with one attached hydrogen (secondary N) is 1. The van der Waals surface area contributed by atoms with Crippen molar-refractivity contribution in [3.8, 4) is 5.75 Å². The van der Waals surface area contributed by atoms with Crippen molar-refractivity contribution in [3.63, 3.8) is 0 Å². The van der Waals surface area contributed by atoms with Crippen LogP contribution >= 0.6 is 11.6 Å². The molecule has 1 aromatic rings. The van der Waals surface area contributed by atoms with Crippen LogP contribution in [-0.2, 0) is 0 Å². The molecule has 2 rings (SSSR count). The number of hydrogen-bond donors (Lipinski definition) is 1. The SMILES string of the molecule is CC[C@@H](Oc1cc(F)cc(Cl)c1)C1CCNC1. The second-order valence-corrected chi connectivity index (χ2v) is 4.86. The molecule has 2 atom stereocenters. The largest absolute Gasteiger partial charge is 0.490 e. The summed E-state index contributed by atoms with van der Waals surface area (Å²) in [7, 11) is 0. The zero-order chi connectivity index (χ0) is 12.3. The van der Waals surface area contributed by atoms with E-state index in [0.717, 1.165) is 25.9 Å². The van der Waals surface area contributed by atoms with E-state index in [0.29, 0.717) is 16.7 Å². The predicted octanol–water partition coefficient (Wildman–Crippen LogP) is 3.25. The summed E-state index contributed by atoms with van der Waals surface area (Å²) >= 11 is 5.80. The van der Waals surface area contributed by atoms with Gasteiger partial charge in [-0.1, -0.05) is 18.5 Å². The van der Waals surface area contributed by atoms with E-state index in [4.69, 9.17) is 16.3 Å². The van der Waals surface area contributed by atoms with Crippen molar-refractivity contribution in [1.29, 1.82) is 0 Å². The Hall–Kier alpha value is -0.800. The van der Waals surface area contributed by atoms with Gasteiger partial charge < -0.3 is 10.1 Å². The molecule has 94 valence electrons. The second-order valence-electron chi connectivity index (χ2n) is 4.42. The molecule has 1 aliphatic rings. The lowest BCUT2D eigenvalue weighted by Gasteiger charge is -2.23. The molecule has 17 heavy (non-hydrogen) atoms. The Bertz CT molecular complexity index is 359. The smallest absolute Gasteiger partial charge is 0.128 e. The molecule has 2 nitrogen and oxygen atoms in total. The quantitative estimate of drug-likeness (QED) is 0.894. The Morgan fingerprint density at radius 2 is 2.35 bits per heavy atom. The molecule has 1 N–H and O–H groups in total. The Morgan fingerprint density at radius 3 is 2.94 bits per heavy atom. The number of halogens is 2. The van der Waals surface area contributed by atoms with Crippen LogP contribution in [0.1, 0.15) is 19.8 Å². The Kier molecular flexibility index (Phi) is 4.24. The predicted molar refractivity (Wildman–Crippen MR) is 67.1 cm³/mol. The lowest BCUT2D eigenvalue weighted by atomic mass is 9.99. The minimum atomic E-state index is -0.355. The van der Waals surface area contributed by atoms with Crippen molar-refractivity contribution in [1.82, 2.24) is 5.32 Å². The first-order chi connectivity index (χ1) is 8.19. The van der Waals surface area contributed by atoms with E-state index in [-0.39, 0.29) is 11.9 Å². The minimum absolute atomic E-state index is 0.128. The number of ether oxygens (including phenoxy) is 1. The Balaban J connectivity index is 2.06. The van der Waals surface area contributed by atoms with Crippen LogP contribution in [0.4, 0.5) is 4.39 Å². The first-order valence-electron chi connectivity index (χ1n) is 6.02. The van der Waals surface area contributed by atoms with Crippen LogP contribution in [-0.4, -0.2) is 19.2 Å². The van der Waals surface area contributed by atoms with Crippen molar-refractivity contribution in [2.24, 2.45) is 5.92 Å². The average molecular weight is 258 g/mol. The molecule has 0 amide bonds. The summed E-state index contributed by atoms with van der Waals surface area (Å²) in [6.45, 7) is 4.10. The summed E-state index contributed by atoms with van der Waals surface area (Å²) < 4.78 is 19.0. The van der Waals surface area contributed by atoms with Gasteiger partial charge in [-0.05, 0) is 31.5 Å². The van der Waals surface area contributed by atoms with Gasteiger partial charge in [0.05, 0.1) is 0 Å². The van der Waals surface area contributed by atoms with Crippen molar-refractivity contribution in [3.05, 3.63) is 29.0 Å². The number of hydrogen-bond acceptors (Lipinski definition) is 2. The molecule has 4 heteroatoms. The highest BCUT2D eigenvalue weighted by Gasteiger charge is 2.25. The van der Waals surface area contributed by atoms with Crippen LogP contribution in [0.2, 0.25) is 5.02 Å². The molecule has 1 unspecified atom stereocenters. The molecule has 0 spiro atoms. The normalized spacial score (nSPS) is 21.5. The lowest BCUT2D eigenvalue weighted by molar-refractivity contribution is 0.138. The number of benzene rings is 1. The van der Waals surface area contributed by atoms with Crippen LogP contribution in [0.3, 0.4) is 0 Å². The summed E-state index contributed by atoms with van der Waals surface area (Å²) in [6.07, 6.45) is 2.16. The molecule has 1 heterocycles. The van der Waals surface area contributed by atoms with Gasteiger partial charge in [0, 0.05) is 23.6 Å². The lowest BCUT2D eigenvalue weighted by Crippen LogP contribution is -2.28. The van der Waals surface area contributed by atoms with Crippen molar-refractivity contribution in [2.75, 3.05) is 13.1 Å². The third-order valence-corrected chi connectivity index (χ3v) is 3.37.